The largest absolute Gasteiger partial charge is 0.382 e. The van der Waals surface area contributed by atoms with Gasteiger partial charge in [0.15, 0.2) is 11.5 Å². The predicted octanol–water partition coefficient (Wildman–Crippen LogP) is 1.73. The normalized spacial score (nSPS) is 18.0. The topological polar surface area (TPSA) is 89.9 Å². The molecule has 2 N–H and O–H groups in total. The number of nitrogen functional groups attached to an aromatic ring is 1. The second-order valence-corrected chi connectivity index (χ2v) is 5.72. The maximum atomic E-state index is 12.8. The molecular formula is C14H17ClN6O. The number of likely N-dealkylation sites (tertiary alicyclic amines) is 1. The fraction of sp³-hybridized carbons (Fsp3) is 0.429. The minimum atomic E-state index is -0.215. The van der Waals surface area contributed by atoms with E-state index in [1.54, 1.807) is 16.6 Å². The SMILES string of the molecule is Cc1nn(C)c(Cl)c1C1CCCN1C(=O)c1nccnc1N. The lowest BCUT2D eigenvalue weighted by atomic mass is 10.1. The third-order valence-corrected chi connectivity index (χ3v) is 4.42. The van der Waals surface area contributed by atoms with E-state index in [-0.39, 0.29) is 23.5 Å². The molecule has 116 valence electrons. The molecule has 7 nitrogen and oxygen atoms in total. The number of aryl methyl sites for hydroxylation is 2. The Hall–Kier alpha value is -2.15. The maximum Gasteiger partial charge on any atom is 0.276 e. The highest BCUT2D eigenvalue weighted by molar-refractivity contribution is 6.30. The minimum Gasteiger partial charge on any atom is -0.382 e. The van der Waals surface area contributed by atoms with Crippen LogP contribution in [0.4, 0.5) is 5.82 Å². The highest BCUT2D eigenvalue weighted by Gasteiger charge is 2.35. The van der Waals surface area contributed by atoms with Crippen LogP contribution in [-0.2, 0) is 7.05 Å². The van der Waals surface area contributed by atoms with Crippen molar-refractivity contribution in [2.24, 2.45) is 7.05 Å². The molecule has 0 bridgehead atoms. The molecule has 3 rings (SSSR count). The number of hydrogen-bond donors (Lipinski definition) is 1. The summed E-state index contributed by atoms with van der Waals surface area (Å²) in [7, 11) is 1.79. The van der Waals surface area contributed by atoms with Crippen LogP contribution in [0.2, 0.25) is 5.15 Å². The van der Waals surface area contributed by atoms with Crippen molar-refractivity contribution in [2.75, 3.05) is 12.3 Å². The number of hydrogen-bond acceptors (Lipinski definition) is 5. The van der Waals surface area contributed by atoms with Crippen LogP contribution in [0.1, 0.15) is 40.6 Å². The lowest BCUT2D eigenvalue weighted by Gasteiger charge is -2.24. The number of aromatic nitrogens is 4. The van der Waals surface area contributed by atoms with Crippen LogP contribution in [0.3, 0.4) is 0 Å². The Morgan fingerprint density at radius 3 is 2.77 bits per heavy atom. The molecule has 1 atom stereocenters. The predicted molar refractivity (Wildman–Crippen MR) is 82.4 cm³/mol. The van der Waals surface area contributed by atoms with Crippen molar-refractivity contribution in [2.45, 2.75) is 25.8 Å². The van der Waals surface area contributed by atoms with Crippen molar-refractivity contribution in [3.63, 3.8) is 0 Å². The summed E-state index contributed by atoms with van der Waals surface area (Å²) in [4.78, 5) is 22.5. The van der Waals surface area contributed by atoms with Crippen molar-refractivity contribution in [3.05, 3.63) is 34.5 Å². The van der Waals surface area contributed by atoms with Crippen molar-refractivity contribution in [1.29, 1.82) is 0 Å². The number of halogens is 1. The van der Waals surface area contributed by atoms with Crippen LogP contribution < -0.4 is 5.73 Å². The summed E-state index contributed by atoms with van der Waals surface area (Å²) < 4.78 is 1.63. The first kappa shape index (κ1) is 14.8. The zero-order valence-electron chi connectivity index (χ0n) is 12.5. The van der Waals surface area contributed by atoms with Gasteiger partial charge in [-0.3, -0.25) is 9.48 Å². The van der Waals surface area contributed by atoms with Crippen LogP contribution in [0, 0.1) is 6.92 Å². The molecule has 8 heteroatoms. The average Bonchev–Trinajstić information content (AvgIpc) is 3.04. The highest BCUT2D eigenvalue weighted by Crippen LogP contribution is 2.38. The third-order valence-electron chi connectivity index (χ3n) is 3.97. The number of rotatable bonds is 2. The van der Waals surface area contributed by atoms with Gasteiger partial charge < -0.3 is 10.6 Å². The monoisotopic (exact) mass is 320 g/mol. The summed E-state index contributed by atoms with van der Waals surface area (Å²) in [6.45, 7) is 2.54. The van der Waals surface area contributed by atoms with E-state index in [1.807, 2.05) is 6.92 Å². The summed E-state index contributed by atoms with van der Waals surface area (Å²) in [6.07, 6.45) is 4.69. The van der Waals surface area contributed by atoms with Gasteiger partial charge in [0.25, 0.3) is 5.91 Å². The third kappa shape index (κ3) is 2.31. The molecule has 1 aliphatic rings. The maximum absolute atomic E-state index is 12.8. The zero-order valence-corrected chi connectivity index (χ0v) is 13.2. The van der Waals surface area contributed by atoms with Gasteiger partial charge in [-0.25, -0.2) is 9.97 Å². The van der Waals surface area contributed by atoms with E-state index in [9.17, 15) is 4.79 Å². The van der Waals surface area contributed by atoms with Crippen LogP contribution in [0.5, 0.6) is 0 Å². The van der Waals surface area contributed by atoms with Crippen molar-refractivity contribution < 1.29 is 4.79 Å². The zero-order chi connectivity index (χ0) is 15.9. The van der Waals surface area contributed by atoms with Crippen LogP contribution in [0.25, 0.3) is 0 Å². The van der Waals surface area contributed by atoms with Gasteiger partial charge in [0.05, 0.1) is 11.7 Å². The fourth-order valence-electron chi connectivity index (χ4n) is 2.98. The first-order valence-corrected chi connectivity index (χ1v) is 7.45. The van der Waals surface area contributed by atoms with Gasteiger partial charge in [-0.1, -0.05) is 11.6 Å². The lowest BCUT2D eigenvalue weighted by Crippen LogP contribution is -2.32. The number of carbonyl (C=O) groups is 1. The number of nitrogens with two attached hydrogens (primary N) is 1. The lowest BCUT2D eigenvalue weighted by molar-refractivity contribution is 0.0730. The molecule has 0 spiro atoms. The van der Waals surface area contributed by atoms with E-state index in [1.165, 1.54) is 12.4 Å². The molecule has 0 aromatic carbocycles. The summed E-state index contributed by atoms with van der Waals surface area (Å²) in [5.41, 5.74) is 7.70. The molecule has 2 aromatic rings. The Kier molecular flexibility index (Phi) is 3.74. The van der Waals surface area contributed by atoms with Crippen LogP contribution in [0.15, 0.2) is 12.4 Å². The Bertz CT molecular complexity index is 728. The number of carbonyl (C=O) groups excluding carboxylic acids is 1. The number of anilines is 1. The first-order valence-electron chi connectivity index (χ1n) is 7.07. The van der Waals surface area contributed by atoms with E-state index in [2.05, 4.69) is 15.1 Å². The van der Waals surface area contributed by atoms with E-state index in [0.717, 1.165) is 24.1 Å². The summed E-state index contributed by atoms with van der Waals surface area (Å²) in [5.74, 6) is -0.0698. The molecule has 1 saturated heterocycles. The van der Waals surface area contributed by atoms with Gasteiger partial charge in [-0.15, -0.1) is 0 Å². The van der Waals surface area contributed by atoms with Crippen molar-refractivity contribution >= 4 is 23.3 Å². The van der Waals surface area contributed by atoms with Crippen LogP contribution >= 0.6 is 11.6 Å². The minimum absolute atomic E-state index is 0.102. The molecule has 1 fully saturated rings. The van der Waals surface area contributed by atoms with Gasteiger partial charge in [-0.05, 0) is 19.8 Å². The summed E-state index contributed by atoms with van der Waals surface area (Å²) in [6, 6.07) is -0.102. The Labute approximate surface area is 133 Å². The van der Waals surface area contributed by atoms with Gasteiger partial charge in [0.1, 0.15) is 5.15 Å². The number of amides is 1. The molecule has 3 heterocycles. The molecular weight excluding hydrogens is 304 g/mol. The van der Waals surface area contributed by atoms with Gasteiger partial charge >= 0.3 is 0 Å². The van der Waals surface area contributed by atoms with E-state index in [4.69, 9.17) is 17.3 Å². The van der Waals surface area contributed by atoms with Gasteiger partial charge in [-0.2, -0.15) is 5.10 Å². The Balaban J connectivity index is 1.97. The quantitative estimate of drug-likeness (QED) is 0.910. The van der Waals surface area contributed by atoms with Crippen molar-refractivity contribution in [3.8, 4) is 0 Å². The standard InChI is InChI=1S/C14H17ClN6O/c1-8-10(12(15)20(2)19-8)9-4-3-7-21(9)14(22)11-13(16)18-6-5-17-11/h5-6,9H,3-4,7H2,1-2H3,(H2,16,18). The van der Waals surface area contributed by atoms with Gasteiger partial charge in [0.2, 0.25) is 0 Å². The average molecular weight is 321 g/mol. The summed E-state index contributed by atoms with van der Waals surface area (Å²) in [5, 5.41) is 4.90. The molecule has 0 saturated carbocycles. The molecule has 1 amide bonds. The van der Waals surface area contributed by atoms with E-state index >= 15 is 0 Å². The molecule has 0 radical (unpaired) electrons. The summed E-state index contributed by atoms with van der Waals surface area (Å²) >= 11 is 6.35. The Morgan fingerprint density at radius 1 is 1.41 bits per heavy atom. The molecule has 22 heavy (non-hydrogen) atoms. The smallest absolute Gasteiger partial charge is 0.276 e. The van der Waals surface area contributed by atoms with Gasteiger partial charge in [0, 0.05) is 31.5 Å². The van der Waals surface area contributed by atoms with Crippen molar-refractivity contribution in [1.82, 2.24) is 24.6 Å². The molecule has 2 aromatic heterocycles. The van der Waals surface area contributed by atoms with E-state index < -0.39 is 0 Å². The fourth-order valence-corrected chi connectivity index (χ4v) is 3.28. The number of nitrogens with zero attached hydrogens (tertiary/aromatic N) is 5. The second-order valence-electron chi connectivity index (χ2n) is 5.36. The molecule has 1 unspecified atom stereocenters. The highest BCUT2D eigenvalue weighted by atomic mass is 35.5. The second kappa shape index (κ2) is 5.57. The first-order chi connectivity index (χ1) is 10.5. The molecule has 0 aliphatic carbocycles. The van der Waals surface area contributed by atoms with Crippen LogP contribution in [-0.4, -0.2) is 37.1 Å². The molecule has 1 aliphatic heterocycles. The van der Waals surface area contributed by atoms with E-state index in [0.29, 0.717) is 11.7 Å². The Morgan fingerprint density at radius 2 is 2.14 bits per heavy atom.